The smallest absolute Gasteiger partial charge is 0.227 e. The van der Waals surface area contributed by atoms with Crippen LogP contribution in [-0.2, 0) is 16.0 Å². The number of nitrogens with zero attached hydrogens (tertiary/aromatic N) is 4. The predicted octanol–water partition coefficient (Wildman–Crippen LogP) is 3.45. The van der Waals surface area contributed by atoms with Crippen molar-refractivity contribution in [3.8, 4) is 11.3 Å². The molecule has 1 saturated heterocycles. The van der Waals surface area contributed by atoms with E-state index in [9.17, 15) is 9.59 Å². The second kappa shape index (κ2) is 9.47. The standard InChI is InChI=1S/C24H25N5O2/c1-17(30)28-21-6-2-4-19(15-21)23-24(27-12-11-26-23)20-5-3-13-29(16-20)22(31)14-18-7-9-25-10-8-18/h2,4,6-12,15,20H,3,5,13-14,16H2,1H3,(H,28,30)/t20-/m0/s1. The number of likely N-dealkylation sites (tertiary alicyclic amines) is 1. The van der Waals surface area contributed by atoms with Gasteiger partial charge in [-0.1, -0.05) is 12.1 Å². The number of rotatable bonds is 5. The van der Waals surface area contributed by atoms with Crippen molar-refractivity contribution in [3.05, 3.63) is 72.4 Å². The Kier molecular flexibility index (Phi) is 6.31. The summed E-state index contributed by atoms with van der Waals surface area (Å²) in [7, 11) is 0. The van der Waals surface area contributed by atoms with E-state index in [4.69, 9.17) is 0 Å². The lowest BCUT2D eigenvalue weighted by molar-refractivity contribution is -0.131. The lowest BCUT2D eigenvalue weighted by Gasteiger charge is -2.33. The van der Waals surface area contributed by atoms with Gasteiger partial charge in [0, 0.05) is 62.0 Å². The molecule has 31 heavy (non-hydrogen) atoms. The van der Waals surface area contributed by atoms with E-state index in [1.807, 2.05) is 41.3 Å². The van der Waals surface area contributed by atoms with Gasteiger partial charge in [0.05, 0.1) is 17.8 Å². The van der Waals surface area contributed by atoms with Gasteiger partial charge in [0.1, 0.15) is 0 Å². The molecule has 0 bridgehead atoms. The third-order valence-corrected chi connectivity index (χ3v) is 5.45. The van der Waals surface area contributed by atoms with Gasteiger partial charge in [0.2, 0.25) is 11.8 Å². The highest BCUT2D eigenvalue weighted by Crippen LogP contribution is 2.32. The molecule has 1 aromatic carbocycles. The van der Waals surface area contributed by atoms with Gasteiger partial charge in [-0.2, -0.15) is 0 Å². The number of aromatic nitrogens is 3. The molecule has 0 radical (unpaired) electrons. The van der Waals surface area contributed by atoms with Crippen LogP contribution in [-0.4, -0.2) is 44.8 Å². The third-order valence-electron chi connectivity index (χ3n) is 5.45. The predicted molar refractivity (Wildman–Crippen MR) is 118 cm³/mol. The van der Waals surface area contributed by atoms with E-state index in [0.29, 0.717) is 13.0 Å². The van der Waals surface area contributed by atoms with E-state index < -0.39 is 0 Å². The first-order valence-corrected chi connectivity index (χ1v) is 10.5. The molecule has 1 aliphatic rings. The van der Waals surface area contributed by atoms with Gasteiger partial charge in [-0.25, -0.2) is 0 Å². The van der Waals surface area contributed by atoms with Crippen LogP contribution in [0.4, 0.5) is 5.69 Å². The molecule has 2 amide bonds. The molecule has 1 atom stereocenters. The van der Waals surface area contributed by atoms with Crippen molar-refractivity contribution in [2.45, 2.75) is 32.1 Å². The van der Waals surface area contributed by atoms with Crippen molar-refractivity contribution in [3.63, 3.8) is 0 Å². The monoisotopic (exact) mass is 415 g/mol. The molecule has 4 rings (SSSR count). The van der Waals surface area contributed by atoms with Gasteiger partial charge < -0.3 is 10.2 Å². The molecule has 158 valence electrons. The summed E-state index contributed by atoms with van der Waals surface area (Å²) in [5, 5.41) is 2.81. The maximum atomic E-state index is 12.9. The fraction of sp³-hybridized carbons (Fsp3) is 0.292. The molecule has 3 heterocycles. The van der Waals surface area contributed by atoms with Gasteiger partial charge in [-0.3, -0.25) is 24.5 Å². The molecule has 1 fully saturated rings. The molecule has 0 saturated carbocycles. The average molecular weight is 415 g/mol. The molecule has 3 aromatic rings. The van der Waals surface area contributed by atoms with Crippen molar-refractivity contribution in [1.29, 1.82) is 0 Å². The SMILES string of the molecule is CC(=O)Nc1cccc(-c2nccnc2[C@H]2CCCN(C(=O)Cc3ccncc3)C2)c1. The zero-order valence-corrected chi connectivity index (χ0v) is 17.5. The van der Waals surface area contributed by atoms with E-state index >= 15 is 0 Å². The van der Waals surface area contributed by atoms with Crippen molar-refractivity contribution in [2.24, 2.45) is 0 Å². The summed E-state index contributed by atoms with van der Waals surface area (Å²) in [4.78, 5) is 39.5. The minimum absolute atomic E-state index is 0.114. The van der Waals surface area contributed by atoms with Crippen molar-refractivity contribution in [2.75, 3.05) is 18.4 Å². The number of carbonyl (C=O) groups is 2. The highest BCUT2D eigenvalue weighted by Gasteiger charge is 2.28. The van der Waals surface area contributed by atoms with Gasteiger partial charge in [-0.05, 0) is 42.7 Å². The van der Waals surface area contributed by atoms with Crippen LogP contribution in [0.5, 0.6) is 0 Å². The average Bonchev–Trinajstić information content (AvgIpc) is 2.79. The quantitative estimate of drug-likeness (QED) is 0.690. The molecule has 0 spiro atoms. The summed E-state index contributed by atoms with van der Waals surface area (Å²) in [6, 6.07) is 11.4. The lowest BCUT2D eigenvalue weighted by Crippen LogP contribution is -2.40. The van der Waals surface area contributed by atoms with Crippen LogP contribution in [0, 0.1) is 0 Å². The molecular weight excluding hydrogens is 390 g/mol. The zero-order chi connectivity index (χ0) is 21.6. The first-order chi connectivity index (χ1) is 15.1. The number of amides is 2. The molecule has 7 heteroatoms. The number of anilines is 1. The second-order valence-electron chi connectivity index (χ2n) is 7.76. The van der Waals surface area contributed by atoms with Gasteiger partial charge in [0.25, 0.3) is 0 Å². The minimum Gasteiger partial charge on any atom is -0.342 e. The summed E-state index contributed by atoms with van der Waals surface area (Å²) in [5.74, 6) is 0.115. The number of pyridine rings is 1. The van der Waals surface area contributed by atoms with E-state index in [2.05, 4.69) is 20.3 Å². The number of carbonyl (C=O) groups excluding carboxylic acids is 2. The normalized spacial score (nSPS) is 16.0. The lowest BCUT2D eigenvalue weighted by atomic mass is 9.91. The first-order valence-electron chi connectivity index (χ1n) is 10.5. The summed E-state index contributed by atoms with van der Waals surface area (Å²) in [5.41, 5.74) is 4.28. The van der Waals surface area contributed by atoms with E-state index in [1.165, 1.54) is 6.92 Å². The number of benzene rings is 1. The fourth-order valence-corrected chi connectivity index (χ4v) is 4.03. The van der Waals surface area contributed by atoms with Crippen molar-refractivity contribution < 1.29 is 9.59 Å². The minimum atomic E-state index is -0.118. The highest BCUT2D eigenvalue weighted by molar-refractivity contribution is 5.89. The van der Waals surface area contributed by atoms with E-state index in [0.717, 1.165) is 47.6 Å². The number of hydrogen-bond acceptors (Lipinski definition) is 5. The first kappa shape index (κ1) is 20.7. The number of piperidine rings is 1. The Morgan fingerprint density at radius 1 is 1.10 bits per heavy atom. The largest absolute Gasteiger partial charge is 0.342 e. The van der Waals surface area contributed by atoms with Crippen LogP contribution < -0.4 is 5.32 Å². The maximum absolute atomic E-state index is 12.9. The fourth-order valence-electron chi connectivity index (χ4n) is 4.03. The van der Waals surface area contributed by atoms with Gasteiger partial charge in [-0.15, -0.1) is 0 Å². The Bertz CT molecular complexity index is 1070. The van der Waals surface area contributed by atoms with Crippen LogP contribution in [0.1, 0.15) is 36.9 Å². The van der Waals surface area contributed by atoms with Crippen molar-refractivity contribution >= 4 is 17.5 Å². The summed E-state index contributed by atoms with van der Waals surface area (Å²) < 4.78 is 0. The molecule has 1 N–H and O–H groups in total. The third kappa shape index (κ3) is 5.12. The van der Waals surface area contributed by atoms with Crippen molar-refractivity contribution in [1.82, 2.24) is 19.9 Å². The number of nitrogens with one attached hydrogen (secondary N) is 1. The van der Waals surface area contributed by atoms with E-state index in [1.54, 1.807) is 24.8 Å². The molecule has 1 aliphatic heterocycles. The maximum Gasteiger partial charge on any atom is 0.227 e. The molecule has 0 aliphatic carbocycles. The van der Waals surface area contributed by atoms with Crippen LogP contribution >= 0.6 is 0 Å². The summed E-state index contributed by atoms with van der Waals surface area (Å²) in [6.07, 6.45) is 9.06. The van der Waals surface area contributed by atoms with Crippen LogP contribution in [0.2, 0.25) is 0 Å². The second-order valence-corrected chi connectivity index (χ2v) is 7.76. The number of hydrogen-bond donors (Lipinski definition) is 1. The Morgan fingerprint density at radius 3 is 2.71 bits per heavy atom. The Morgan fingerprint density at radius 2 is 1.90 bits per heavy atom. The Balaban J connectivity index is 1.55. The molecule has 2 aromatic heterocycles. The zero-order valence-electron chi connectivity index (χ0n) is 17.5. The molecular formula is C24H25N5O2. The summed E-state index contributed by atoms with van der Waals surface area (Å²) in [6.45, 7) is 2.87. The van der Waals surface area contributed by atoms with Gasteiger partial charge >= 0.3 is 0 Å². The van der Waals surface area contributed by atoms with Crippen LogP contribution in [0.3, 0.4) is 0 Å². The molecule has 0 unspecified atom stereocenters. The van der Waals surface area contributed by atoms with Crippen LogP contribution in [0.15, 0.2) is 61.2 Å². The van der Waals surface area contributed by atoms with Crippen LogP contribution in [0.25, 0.3) is 11.3 Å². The molecule has 7 nitrogen and oxygen atoms in total. The summed E-state index contributed by atoms with van der Waals surface area (Å²) >= 11 is 0. The topological polar surface area (TPSA) is 88.1 Å². The Hall–Kier alpha value is -3.61. The Labute approximate surface area is 181 Å². The van der Waals surface area contributed by atoms with E-state index in [-0.39, 0.29) is 17.7 Å². The van der Waals surface area contributed by atoms with Gasteiger partial charge in [0.15, 0.2) is 0 Å². The highest BCUT2D eigenvalue weighted by atomic mass is 16.2.